The van der Waals surface area contributed by atoms with Crippen LogP contribution in [0.2, 0.25) is 5.02 Å². The van der Waals surface area contributed by atoms with E-state index in [9.17, 15) is 4.39 Å². The number of hydrogen-bond donors (Lipinski definition) is 0. The van der Waals surface area contributed by atoms with Crippen molar-refractivity contribution in [1.82, 2.24) is 9.97 Å². The second-order valence-electron chi connectivity index (χ2n) is 8.57. The average molecular weight is 558 g/mol. The summed E-state index contributed by atoms with van der Waals surface area (Å²) in [5, 5.41) is 8.33. The summed E-state index contributed by atoms with van der Waals surface area (Å²) in [7, 11) is 0. The first-order valence-electron chi connectivity index (χ1n) is 11.5. The quantitative estimate of drug-likeness (QED) is 0.224. The van der Waals surface area contributed by atoms with E-state index in [0.717, 1.165) is 43.5 Å². The highest BCUT2D eigenvalue weighted by molar-refractivity contribution is 9.10. The van der Waals surface area contributed by atoms with Crippen molar-refractivity contribution in [3.8, 4) is 11.3 Å². The minimum atomic E-state index is -0.275. The molecule has 0 bridgehead atoms. The maximum Gasteiger partial charge on any atom is 0.247 e. The first-order chi connectivity index (χ1) is 17.5. The molecule has 4 aromatic carbocycles. The number of nitrogens with zero attached hydrogens (tertiary/aromatic N) is 4. The molecular weight excluding hydrogens is 539 g/mol. The third-order valence-electron chi connectivity index (χ3n) is 6.24. The van der Waals surface area contributed by atoms with E-state index in [0.29, 0.717) is 17.4 Å². The lowest BCUT2D eigenvalue weighted by Gasteiger charge is -2.23. The Balaban J connectivity index is 1.53. The molecule has 1 aromatic heterocycles. The zero-order chi connectivity index (χ0) is 24.6. The fourth-order valence-electron chi connectivity index (χ4n) is 4.46. The summed E-state index contributed by atoms with van der Waals surface area (Å²) in [5.41, 5.74) is 5.38. The van der Waals surface area contributed by atoms with Gasteiger partial charge in [-0.3, -0.25) is 0 Å². The monoisotopic (exact) mass is 556 g/mol. The molecule has 0 fully saturated rings. The second-order valence-corrected chi connectivity index (χ2v) is 9.92. The number of halogens is 3. The highest BCUT2D eigenvalue weighted by atomic mass is 79.9. The second kappa shape index (κ2) is 9.45. The van der Waals surface area contributed by atoms with Crippen LogP contribution in [0, 0.1) is 5.82 Å². The van der Waals surface area contributed by atoms with Crippen molar-refractivity contribution in [3.05, 3.63) is 124 Å². The largest absolute Gasteiger partial charge is 0.247 e. The van der Waals surface area contributed by atoms with Gasteiger partial charge in [0.2, 0.25) is 5.95 Å². The van der Waals surface area contributed by atoms with Crippen LogP contribution in [0.5, 0.6) is 0 Å². The lowest BCUT2D eigenvalue weighted by Crippen LogP contribution is -2.21. The molecule has 1 atom stereocenters. The van der Waals surface area contributed by atoms with Gasteiger partial charge in [-0.05, 0) is 53.6 Å². The normalized spacial score (nSPS) is 15.4. The molecule has 0 saturated carbocycles. The summed E-state index contributed by atoms with van der Waals surface area (Å²) >= 11 is 9.84. The summed E-state index contributed by atoms with van der Waals surface area (Å²) in [4.78, 5) is 9.88. The molecule has 5 aromatic rings. The predicted molar refractivity (Wildman–Crippen MR) is 147 cm³/mol. The molecule has 1 aliphatic rings. The van der Waals surface area contributed by atoms with Crippen molar-refractivity contribution >= 4 is 50.1 Å². The maximum atomic E-state index is 13.7. The summed E-state index contributed by atoms with van der Waals surface area (Å²) in [6.45, 7) is 0. The van der Waals surface area contributed by atoms with Gasteiger partial charge >= 0.3 is 0 Å². The molecule has 1 aliphatic heterocycles. The Labute approximate surface area is 221 Å². The molecule has 0 unspecified atom stereocenters. The van der Waals surface area contributed by atoms with Gasteiger partial charge in [0.25, 0.3) is 0 Å². The Morgan fingerprint density at radius 3 is 2.33 bits per heavy atom. The van der Waals surface area contributed by atoms with Crippen LogP contribution in [0.15, 0.2) is 107 Å². The molecule has 0 N–H and O–H groups in total. The van der Waals surface area contributed by atoms with Gasteiger partial charge in [0.15, 0.2) is 0 Å². The molecule has 0 saturated heterocycles. The zero-order valence-corrected chi connectivity index (χ0v) is 21.3. The predicted octanol–water partition coefficient (Wildman–Crippen LogP) is 8.21. The standard InChI is InChI=1S/C29H19BrClFN4/c30-21-10-6-18(7-11-21)26-17-27(19-8-13-23(32)14-9-19)36(35-26)29-33-25-15-12-22(31)16-24(25)28(34-29)20-4-2-1-3-5-20/h1-16,27H,17H2/t27-/m1/s1. The van der Waals surface area contributed by atoms with Crippen molar-refractivity contribution in [3.63, 3.8) is 0 Å². The van der Waals surface area contributed by atoms with E-state index in [1.54, 1.807) is 12.1 Å². The smallest absolute Gasteiger partial charge is 0.223 e. The van der Waals surface area contributed by atoms with Crippen molar-refractivity contribution in [2.24, 2.45) is 5.10 Å². The Morgan fingerprint density at radius 2 is 1.58 bits per heavy atom. The van der Waals surface area contributed by atoms with Crippen molar-refractivity contribution in [2.75, 3.05) is 5.01 Å². The van der Waals surface area contributed by atoms with E-state index >= 15 is 0 Å². The van der Waals surface area contributed by atoms with Crippen LogP contribution in [0.1, 0.15) is 23.6 Å². The minimum absolute atomic E-state index is 0.183. The van der Waals surface area contributed by atoms with Crippen LogP contribution in [0.4, 0.5) is 10.3 Å². The van der Waals surface area contributed by atoms with Crippen molar-refractivity contribution in [1.29, 1.82) is 0 Å². The van der Waals surface area contributed by atoms with Gasteiger partial charge < -0.3 is 0 Å². The van der Waals surface area contributed by atoms with E-state index < -0.39 is 0 Å². The third kappa shape index (κ3) is 4.38. The fourth-order valence-corrected chi connectivity index (χ4v) is 4.90. The van der Waals surface area contributed by atoms with Gasteiger partial charge in [0.05, 0.1) is 23.0 Å². The van der Waals surface area contributed by atoms with Crippen LogP contribution in [-0.4, -0.2) is 15.7 Å². The van der Waals surface area contributed by atoms with Crippen molar-refractivity contribution in [2.45, 2.75) is 12.5 Å². The number of hydrogen-bond acceptors (Lipinski definition) is 4. The summed E-state index contributed by atoms with van der Waals surface area (Å²) in [6, 6.07) is 30.0. The Bertz CT molecular complexity index is 1590. The first kappa shape index (κ1) is 22.8. The molecule has 0 radical (unpaired) electrons. The summed E-state index contributed by atoms with van der Waals surface area (Å²) < 4.78 is 14.7. The fraction of sp³-hybridized carbons (Fsp3) is 0.0690. The molecule has 4 nitrogen and oxygen atoms in total. The van der Waals surface area contributed by atoms with E-state index in [-0.39, 0.29) is 11.9 Å². The van der Waals surface area contributed by atoms with Crippen LogP contribution in [0.25, 0.3) is 22.2 Å². The highest BCUT2D eigenvalue weighted by Crippen LogP contribution is 2.38. The van der Waals surface area contributed by atoms with E-state index in [4.69, 9.17) is 26.7 Å². The maximum absolute atomic E-state index is 13.7. The molecule has 6 rings (SSSR count). The van der Waals surface area contributed by atoms with Gasteiger partial charge in [-0.25, -0.2) is 19.4 Å². The van der Waals surface area contributed by atoms with Crippen molar-refractivity contribution < 1.29 is 4.39 Å². The first-order valence-corrected chi connectivity index (χ1v) is 12.6. The Morgan fingerprint density at radius 1 is 0.833 bits per heavy atom. The SMILES string of the molecule is Fc1ccc([C@H]2CC(c3ccc(Br)cc3)=NN2c2nc(-c3ccccc3)c3cc(Cl)ccc3n2)cc1. The van der Waals surface area contributed by atoms with Gasteiger partial charge in [-0.1, -0.05) is 82.1 Å². The molecule has 7 heteroatoms. The Kier molecular flexibility index (Phi) is 5.99. The third-order valence-corrected chi connectivity index (χ3v) is 7.00. The summed E-state index contributed by atoms with van der Waals surface area (Å²) in [6.07, 6.45) is 0.635. The van der Waals surface area contributed by atoms with Crippen LogP contribution < -0.4 is 5.01 Å². The van der Waals surface area contributed by atoms with Gasteiger partial charge in [0.1, 0.15) is 5.82 Å². The van der Waals surface area contributed by atoms with Gasteiger partial charge in [0, 0.05) is 26.9 Å². The molecule has 2 heterocycles. The molecular formula is C29H19BrClFN4. The highest BCUT2D eigenvalue weighted by Gasteiger charge is 2.32. The summed E-state index contributed by atoms with van der Waals surface area (Å²) in [5.74, 6) is 0.202. The number of hydrazone groups is 1. The van der Waals surface area contributed by atoms with Crippen LogP contribution in [-0.2, 0) is 0 Å². The topological polar surface area (TPSA) is 41.4 Å². The molecule has 0 spiro atoms. The average Bonchev–Trinajstić information content (AvgIpc) is 3.35. The van der Waals surface area contributed by atoms with Crippen LogP contribution in [0.3, 0.4) is 0 Å². The molecule has 36 heavy (non-hydrogen) atoms. The van der Waals surface area contributed by atoms with E-state index in [1.807, 2.05) is 77.8 Å². The molecule has 0 aliphatic carbocycles. The number of rotatable bonds is 4. The lowest BCUT2D eigenvalue weighted by molar-refractivity contribution is 0.623. The number of anilines is 1. The zero-order valence-electron chi connectivity index (χ0n) is 18.9. The minimum Gasteiger partial charge on any atom is -0.223 e. The number of fused-ring (bicyclic) bond motifs is 1. The molecule has 0 amide bonds. The number of benzene rings is 4. The number of aromatic nitrogens is 2. The van der Waals surface area contributed by atoms with E-state index in [2.05, 4.69) is 15.9 Å². The van der Waals surface area contributed by atoms with Gasteiger partial charge in [-0.2, -0.15) is 5.10 Å². The van der Waals surface area contributed by atoms with Gasteiger partial charge in [-0.15, -0.1) is 0 Å². The lowest BCUT2D eigenvalue weighted by atomic mass is 9.98. The van der Waals surface area contributed by atoms with Crippen LogP contribution >= 0.6 is 27.5 Å². The Hall–Kier alpha value is -3.61. The van der Waals surface area contributed by atoms with E-state index in [1.165, 1.54) is 12.1 Å². The molecule has 176 valence electrons.